The number of aliphatic imine (C=N–C) groups is 1. The van der Waals surface area contributed by atoms with Gasteiger partial charge < -0.3 is 15.5 Å². The molecule has 2 fully saturated rings. The monoisotopic (exact) mass is 548 g/mol. The number of amides is 1. The van der Waals surface area contributed by atoms with E-state index >= 15 is 0 Å². The number of hydrogen-bond donors (Lipinski definition) is 2. The second-order valence-corrected chi connectivity index (χ2v) is 8.02. The lowest BCUT2D eigenvalue weighted by Crippen LogP contribution is -2.45. The summed E-state index contributed by atoms with van der Waals surface area (Å²) in [6.07, 6.45) is -0.718. The highest BCUT2D eigenvalue weighted by atomic mass is 127. The zero-order valence-corrected chi connectivity index (χ0v) is 20.5. The van der Waals surface area contributed by atoms with Gasteiger partial charge in [-0.3, -0.25) is 19.6 Å². The SMILES string of the molecule is CCNC(=NCCCN1CCCC1C(=O)N(C)C)NC1CCN(CC(F)(F)F)C1.I. The molecule has 0 aromatic carbocycles. The van der Waals surface area contributed by atoms with Crippen LogP contribution in [0.5, 0.6) is 0 Å². The summed E-state index contributed by atoms with van der Waals surface area (Å²) in [4.78, 5) is 22.1. The van der Waals surface area contributed by atoms with Crippen molar-refractivity contribution in [2.24, 2.45) is 4.99 Å². The molecule has 1 amide bonds. The fourth-order valence-electron chi connectivity index (χ4n) is 4.00. The Bertz CT molecular complexity index is 561. The molecule has 2 heterocycles. The minimum atomic E-state index is -4.16. The van der Waals surface area contributed by atoms with Gasteiger partial charge in [-0.05, 0) is 39.2 Å². The maximum Gasteiger partial charge on any atom is 0.401 e. The van der Waals surface area contributed by atoms with Crippen LogP contribution in [-0.2, 0) is 4.79 Å². The lowest BCUT2D eigenvalue weighted by atomic mass is 10.2. The predicted octanol–water partition coefficient (Wildman–Crippen LogP) is 1.74. The summed E-state index contributed by atoms with van der Waals surface area (Å²) in [5, 5.41) is 6.43. The van der Waals surface area contributed by atoms with E-state index in [2.05, 4.69) is 20.5 Å². The van der Waals surface area contributed by atoms with Gasteiger partial charge in [0.15, 0.2) is 5.96 Å². The van der Waals surface area contributed by atoms with Crippen molar-refractivity contribution in [2.75, 3.05) is 59.9 Å². The van der Waals surface area contributed by atoms with Crippen LogP contribution in [0.4, 0.5) is 13.2 Å². The van der Waals surface area contributed by atoms with Gasteiger partial charge in [0.1, 0.15) is 0 Å². The molecule has 2 saturated heterocycles. The van der Waals surface area contributed by atoms with Crippen LogP contribution in [0, 0.1) is 0 Å². The summed E-state index contributed by atoms with van der Waals surface area (Å²) < 4.78 is 37.6. The van der Waals surface area contributed by atoms with Crippen molar-refractivity contribution in [3.05, 3.63) is 0 Å². The number of halogens is 4. The minimum Gasteiger partial charge on any atom is -0.357 e. The number of nitrogens with zero attached hydrogens (tertiary/aromatic N) is 4. The summed E-state index contributed by atoms with van der Waals surface area (Å²) >= 11 is 0. The van der Waals surface area contributed by atoms with Crippen molar-refractivity contribution in [3.8, 4) is 0 Å². The number of carbonyl (C=O) groups excluding carboxylic acids is 1. The van der Waals surface area contributed by atoms with E-state index in [0.29, 0.717) is 38.6 Å². The summed E-state index contributed by atoms with van der Waals surface area (Å²) in [7, 11) is 3.58. The molecule has 0 bridgehead atoms. The molecule has 2 atom stereocenters. The third-order valence-corrected chi connectivity index (χ3v) is 5.32. The van der Waals surface area contributed by atoms with E-state index < -0.39 is 12.7 Å². The van der Waals surface area contributed by atoms with Crippen LogP contribution in [-0.4, -0.2) is 105 Å². The number of rotatable bonds is 8. The van der Waals surface area contributed by atoms with E-state index in [1.165, 1.54) is 4.90 Å². The van der Waals surface area contributed by atoms with Crippen molar-refractivity contribution in [2.45, 2.75) is 50.9 Å². The molecule has 2 aliphatic rings. The molecule has 0 aromatic heterocycles. The number of carbonyl (C=O) groups is 1. The summed E-state index contributed by atoms with van der Waals surface area (Å²) in [5.41, 5.74) is 0. The van der Waals surface area contributed by atoms with E-state index in [4.69, 9.17) is 0 Å². The van der Waals surface area contributed by atoms with Gasteiger partial charge in [-0.2, -0.15) is 13.2 Å². The quantitative estimate of drug-likeness (QED) is 0.210. The molecule has 30 heavy (non-hydrogen) atoms. The van der Waals surface area contributed by atoms with Gasteiger partial charge in [-0.25, -0.2) is 0 Å². The second kappa shape index (κ2) is 12.9. The molecule has 2 N–H and O–H groups in total. The summed E-state index contributed by atoms with van der Waals surface area (Å²) in [6.45, 7) is 4.95. The molecule has 0 radical (unpaired) electrons. The van der Waals surface area contributed by atoms with Crippen LogP contribution in [0.2, 0.25) is 0 Å². The van der Waals surface area contributed by atoms with Crippen molar-refractivity contribution in [1.82, 2.24) is 25.3 Å². The average Bonchev–Trinajstić information content (AvgIpc) is 3.26. The Morgan fingerprint density at radius 1 is 1.23 bits per heavy atom. The van der Waals surface area contributed by atoms with Crippen LogP contribution < -0.4 is 10.6 Å². The van der Waals surface area contributed by atoms with E-state index in [0.717, 1.165) is 32.4 Å². The van der Waals surface area contributed by atoms with Crippen LogP contribution in [0.1, 0.15) is 32.6 Å². The fourth-order valence-corrected chi connectivity index (χ4v) is 4.00. The van der Waals surface area contributed by atoms with Crippen LogP contribution in [0.15, 0.2) is 4.99 Å². The molecule has 7 nitrogen and oxygen atoms in total. The number of guanidine groups is 1. The minimum absolute atomic E-state index is 0. The third kappa shape index (κ3) is 9.13. The van der Waals surface area contributed by atoms with E-state index in [1.807, 2.05) is 6.92 Å². The highest BCUT2D eigenvalue weighted by Crippen LogP contribution is 2.20. The zero-order chi connectivity index (χ0) is 21.4. The number of hydrogen-bond acceptors (Lipinski definition) is 4. The standard InChI is InChI=1S/C19H35F3N6O.HI/c1-4-23-18(25-15-8-12-27(13-15)14-19(20,21)22)24-9-6-11-28-10-5-7-16(28)17(29)26(2)3;/h15-16H,4-14H2,1-3H3,(H2,23,24,25);1H. The molecular formula is C19H36F3IN6O. The van der Waals surface area contributed by atoms with Gasteiger partial charge in [0.2, 0.25) is 5.91 Å². The number of likely N-dealkylation sites (tertiary alicyclic amines) is 2. The van der Waals surface area contributed by atoms with Crippen LogP contribution >= 0.6 is 24.0 Å². The first kappa shape index (κ1) is 27.2. The second-order valence-electron chi connectivity index (χ2n) is 8.02. The zero-order valence-electron chi connectivity index (χ0n) is 18.2. The molecule has 2 rings (SSSR count). The molecule has 0 saturated carbocycles. The van der Waals surface area contributed by atoms with Crippen LogP contribution in [0.25, 0.3) is 0 Å². The number of likely N-dealkylation sites (N-methyl/N-ethyl adjacent to an activating group) is 1. The Morgan fingerprint density at radius 3 is 2.60 bits per heavy atom. The lowest BCUT2D eigenvalue weighted by Gasteiger charge is -2.25. The largest absolute Gasteiger partial charge is 0.401 e. The fraction of sp³-hybridized carbons (Fsp3) is 0.895. The van der Waals surface area contributed by atoms with E-state index in [1.54, 1.807) is 19.0 Å². The first-order chi connectivity index (χ1) is 13.7. The molecule has 0 spiro atoms. The highest BCUT2D eigenvalue weighted by molar-refractivity contribution is 14.0. The maximum absolute atomic E-state index is 12.5. The average molecular weight is 548 g/mol. The number of alkyl halides is 3. The smallest absolute Gasteiger partial charge is 0.357 e. The molecule has 0 aliphatic carbocycles. The maximum atomic E-state index is 12.5. The topological polar surface area (TPSA) is 63.2 Å². The van der Waals surface area contributed by atoms with Gasteiger partial charge in [0.05, 0.1) is 12.6 Å². The Balaban J connectivity index is 0.00000450. The lowest BCUT2D eigenvalue weighted by molar-refractivity contribution is -0.143. The molecule has 0 aromatic rings. The van der Waals surface area contributed by atoms with Gasteiger partial charge in [-0.15, -0.1) is 24.0 Å². The Kier molecular flexibility index (Phi) is 11.7. The predicted molar refractivity (Wildman–Crippen MR) is 123 cm³/mol. The van der Waals surface area contributed by atoms with Gasteiger partial charge >= 0.3 is 6.18 Å². The van der Waals surface area contributed by atoms with Gasteiger partial charge in [0, 0.05) is 52.9 Å². The number of nitrogens with one attached hydrogen (secondary N) is 2. The molecule has 2 unspecified atom stereocenters. The first-order valence-corrected chi connectivity index (χ1v) is 10.5. The van der Waals surface area contributed by atoms with Crippen LogP contribution in [0.3, 0.4) is 0 Å². The van der Waals surface area contributed by atoms with E-state index in [-0.39, 0.29) is 42.0 Å². The summed E-state index contributed by atoms with van der Waals surface area (Å²) in [6, 6.07) is -0.0609. The molecular weight excluding hydrogens is 512 g/mol. The Morgan fingerprint density at radius 2 is 1.97 bits per heavy atom. The van der Waals surface area contributed by atoms with Crippen molar-refractivity contribution >= 4 is 35.8 Å². The highest BCUT2D eigenvalue weighted by Gasteiger charge is 2.34. The Hall–Kier alpha value is -0.820. The molecule has 2 aliphatic heterocycles. The Labute approximate surface area is 194 Å². The third-order valence-electron chi connectivity index (χ3n) is 5.32. The van der Waals surface area contributed by atoms with Crippen molar-refractivity contribution < 1.29 is 18.0 Å². The molecule has 176 valence electrons. The normalized spacial score (nSPS) is 23.3. The van der Waals surface area contributed by atoms with E-state index in [9.17, 15) is 18.0 Å². The first-order valence-electron chi connectivity index (χ1n) is 10.5. The summed E-state index contributed by atoms with van der Waals surface area (Å²) in [5.74, 6) is 0.805. The van der Waals surface area contributed by atoms with Crippen molar-refractivity contribution in [3.63, 3.8) is 0 Å². The van der Waals surface area contributed by atoms with Crippen molar-refractivity contribution in [1.29, 1.82) is 0 Å². The van der Waals surface area contributed by atoms with Gasteiger partial charge in [0.25, 0.3) is 0 Å². The van der Waals surface area contributed by atoms with Gasteiger partial charge in [-0.1, -0.05) is 0 Å². The molecule has 11 heteroatoms.